The predicted molar refractivity (Wildman–Crippen MR) is 74.8 cm³/mol. The van der Waals surface area contributed by atoms with Crippen molar-refractivity contribution in [2.24, 2.45) is 0 Å². The van der Waals surface area contributed by atoms with Gasteiger partial charge in [-0.15, -0.1) is 0 Å². The van der Waals surface area contributed by atoms with Gasteiger partial charge in [-0.1, -0.05) is 5.16 Å². The van der Waals surface area contributed by atoms with Gasteiger partial charge in [-0.2, -0.15) is 4.98 Å². The first kappa shape index (κ1) is 16.3. The molecule has 1 aliphatic heterocycles. The van der Waals surface area contributed by atoms with Crippen LogP contribution in [-0.4, -0.2) is 45.3 Å². The minimum atomic E-state index is -0.622. The number of aryl methyl sites for hydroxylation is 1. The smallest absolute Gasteiger partial charge is 0.411 e. The number of ether oxygens (including phenoxy) is 2. The summed E-state index contributed by atoms with van der Waals surface area (Å²) in [5, 5.41) is 3.65. The molecule has 1 aromatic heterocycles. The summed E-state index contributed by atoms with van der Waals surface area (Å²) < 4.78 is 15.3. The summed E-state index contributed by atoms with van der Waals surface area (Å²) in [6, 6.07) is -0.622. The van der Waals surface area contributed by atoms with Crippen LogP contribution in [0.4, 0.5) is 4.79 Å². The predicted octanol–water partition coefficient (Wildman–Crippen LogP) is 1.82. The Morgan fingerprint density at radius 3 is 2.73 bits per heavy atom. The number of carbonyl (C=O) groups excluding carboxylic acids is 2. The maximum Gasteiger partial charge on any atom is 0.411 e. The molecule has 0 aromatic carbocycles. The van der Waals surface area contributed by atoms with Crippen molar-refractivity contribution >= 4 is 12.1 Å². The van der Waals surface area contributed by atoms with Crippen LogP contribution in [0.15, 0.2) is 4.52 Å². The summed E-state index contributed by atoms with van der Waals surface area (Å²) in [6.07, 6.45) is 0.797. The van der Waals surface area contributed by atoms with Crippen LogP contribution in [0.1, 0.15) is 45.3 Å². The number of amides is 1. The van der Waals surface area contributed by atoms with Crippen LogP contribution < -0.4 is 0 Å². The second-order valence-electron chi connectivity index (χ2n) is 6.17. The molecule has 1 aromatic rings. The van der Waals surface area contributed by atoms with Crippen LogP contribution >= 0.6 is 0 Å². The number of hydrogen-bond acceptors (Lipinski definition) is 7. The zero-order valence-corrected chi connectivity index (χ0v) is 13.3. The molecule has 22 heavy (non-hydrogen) atoms. The zero-order chi connectivity index (χ0) is 16.3. The molecule has 122 valence electrons. The van der Waals surface area contributed by atoms with Gasteiger partial charge < -0.3 is 14.0 Å². The van der Waals surface area contributed by atoms with Gasteiger partial charge in [0.25, 0.3) is 0 Å². The molecule has 0 N–H and O–H groups in total. The maximum absolute atomic E-state index is 12.1. The third-order valence-electron chi connectivity index (χ3n) is 3.07. The number of likely N-dealkylation sites (tertiary alicyclic amines) is 1. The van der Waals surface area contributed by atoms with Gasteiger partial charge in [0.15, 0.2) is 6.61 Å². The topological polar surface area (TPSA) is 94.8 Å². The van der Waals surface area contributed by atoms with Crippen molar-refractivity contribution in [3.05, 3.63) is 11.7 Å². The lowest BCUT2D eigenvalue weighted by atomic mass is 10.2. The Morgan fingerprint density at radius 2 is 2.14 bits per heavy atom. The quantitative estimate of drug-likeness (QED) is 0.786. The van der Waals surface area contributed by atoms with Crippen molar-refractivity contribution in [1.29, 1.82) is 0 Å². The van der Waals surface area contributed by atoms with Crippen LogP contribution in [0, 0.1) is 6.92 Å². The van der Waals surface area contributed by atoms with Crippen molar-refractivity contribution in [2.75, 3.05) is 6.54 Å². The lowest BCUT2D eigenvalue weighted by molar-refractivity contribution is -0.150. The summed E-state index contributed by atoms with van der Waals surface area (Å²) in [5.74, 6) is 0.223. The summed E-state index contributed by atoms with van der Waals surface area (Å²) >= 11 is 0. The average Bonchev–Trinajstić information content (AvgIpc) is 3.02. The number of rotatable bonds is 3. The Labute approximate surface area is 128 Å². The van der Waals surface area contributed by atoms with Crippen molar-refractivity contribution in [1.82, 2.24) is 15.0 Å². The van der Waals surface area contributed by atoms with Crippen molar-refractivity contribution in [3.63, 3.8) is 0 Å². The highest BCUT2D eigenvalue weighted by Crippen LogP contribution is 2.22. The van der Waals surface area contributed by atoms with E-state index in [-0.39, 0.29) is 6.61 Å². The fourth-order valence-corrected chi connectivity index (χ4v) is 2.18. The monoisotopic (exact) mass is 311 g/mol. The highest BCUT2D eigenvalue weighted by molar-refractivity contribution is 5.82. The Morgan fingerprint density at radius 1 is 1.41 bits per heavy atom. The van der Waals surface area contributed by atoms with Gasteiger partial charge in [0.05, 0.1) is 0 Å². The van der Waals surface area contributed by atoms with Crippen molar-refractivity contribution in [2.45, 2.75) is 58.8 Å². The van der Waals surface area contributed by atoms with Crippen LogP contribution in [0.5, 0.6) is 0 Å². The Balaban J connectivity index is 1.91. The molecule has 1 aliphatic rings. The van der Waals surface area contributed by atoms with Gasteiger partial charge in [-0.3, -0.25) is 4.90 Å². The van der Waals surface area contributed by atoms with Crippen molar-refractivity contribution < 1.29 is 23.6 Å². The summed E-state index contributed by atoms with van der Waals surface area (Å²) in [5.41, 5.74) is -0.601. The van der Waals surface area contributed by atoms with E-state index in [0.29, 0.717) is 24.7 Å². The molecule has 0 bridgehead atoms. The highest BCUT2D eigenvalue weighted by atomic mass is 16.6. The van der Waals surface area contributed by atoms with E-state index >= 15 is 0 Å². The van der Waals surface area contributed by atoms with E-state index in [4.69, 9.17) is 14.0 Å². The lowest BCUT2D eigenvalue weighted by Gasteiger charge is -2.27. The molecule has 8 nitrogen and oxygen atoms in total. The molecule has 0 radical (unpaired) electrons. The first-order valence-electron chi connectivity index (χ1n) is 7.22. The van der Waals surface area contributed by atoms with E-state index in [0.717, 1.165) is 6.42 Å². The summed E-state index contributed by atoms with van der Waals surface area (Å²) in [4.78, 5) is 29.6. The van der Waals surface area contributed by atoms with Gasteiger partial charge >= 0.3 is 12.1 Å². The number of nitrogens with zero attached hydrogens (tertiary/aromatic N) is 3. The lowest BCUT2D eigenvalue weighted by Crippen LogP contribution is -2.44. The molecule has 0 unspecified atom stereocenters. The number of hydrogen-bond donors (Lipinski definition) is 0. The molecule has 2 rings (SSSR count). The Kier molecular flexibility index (Phi) is 4.68. The fourth-order valence-electron chi connectivity index (χ4n) is 2.18. The number of carbonyl (C=O) groups is 2. The second kappa shape index (κ2) is 6.33. The largest absolute Gasteiger partial charge is 0.456 e. The molecule has 2 heterocycles. The molecule has 1 saturated heterocycles. The number of esters is 1. The first-order chi connectivity index (χ1) is 10.3. The third kappa shape index (κ3) is 4.19. The SMILES string of the molecule is Cc1nc(COC(=O)[C@H]2CCCN2C(=O)OC(C)(C)C)no1. The molecule has 0 aliphatic carbocycles. The summed E-state index contributed by atoms with van der Waals surface area (Å²) in [7, 11) is 0. The van der Waals surface area contributed by atoms with E-state index in [1.54, 1.807) is 27.7 Å². The van der Waals surface area contributed by atoms with Gasteiger partial charge in [0.1, 0.15) is 11.6 Å². The zero-order valence-electron chi connectivity index (χ0n) is 13.3. The molecular formula is C14H21N3O5. The van der Waals surface area contributed by atoms with Crippen molar-refractivity contribution in [3.8, 4) is 0 Å². The third-order valence-corrected chi connectivity index (χ3v) is 3.07. The second-order valence-corrected chi connectivity index (χ2v) is 6.17. The van der Waals surface area contributed by atoms with Gasteiger partial charge in [-0.05, 0) is 33.6 Å². The van der Waals surface area contributed by atoms with E-state index in [1.165, 1.54) is 4.90 Å². The Hall–Kier alpha value is -2.12. The fraction of sp³-hybridized carbons (Fsp3) is 0.714. The molecule has 0 spiro atoms. The molecule has 8 heteroatoms. The van der Waals surface area contributed by atoms with Gasteiger partial charge in [-0.25, -0.2) is 9.59 Å². The summed E-state index contributed by atoms with van der Waals surface area (Å²) in [6.45, 7) is 7.41. The standard InChI is InChI=1S/C14H21N3O5/c1-9-15-11(16-22-9)8-20-12(18)10-6-5-7-17(10)13(19)21-14(2,3)4/h10H,5-8H2,1-4H3/t10-/m1/s1. The molecule has 1 fully saturated rings. The molecule has 1 amide bonds. The Bertz CT molecular complexity index is 549. The molecule has 0 saturated carbocycles. The average molecular weight is 311 g/mol. The van der Waals surface area contributed by atoms with E-state index < -0.39 is 23.7 Å². The van der Waals surface area contributed by atoms with Crippen LogP contribution in [0.2, 0.25) is 0 Å². The normalized spacial score (nSPS) is 18.4. The highest BCUT2D eigenvalue weighted by Gasteiger charge is 2.37. The molecular weight excluding hydrogens is 290 g/mol. The van der Waals surface area contributed by atoms with Crippen LogP contribution in [0.3, 0.4) is 0 Å². The minimum Gasteiger partial charge on any atom is -0.456 e. The van der Waals surface area contributed by atoms with E-state index in [2.05, 4.69) is 10.1 Å². The first-order valence-corrected chi connectivity index (χ1v) is 7.22. The maximum atomic E-state index is 12.1. The van der Waals surface area contributed by atoms with Gasteiger partial charge in [0, 0.05) is 13.5 Å². The van der Waals surface area contributed by atoms with Crippen LogP contribution in [0.25, 0.3) is 0 Å². The van der Waals surface area contributed by atoms with E-state index in [9.17, 15) is 9.59 Å². The number of aromatic nitrogens is 2. The van der Waals surface area contributed by atoms with E-state index in [1.807, 2.05) is 0 Å². The van der Waals surface area contributed by atoms with Crippen LogP contribution in [-0.2, 0) is 20.9 Å². The molecule has 1 atom stereocenters. The van der Waals surface area contributed by atoms with Gasteiger partial charge in [0.2, 0.25) is 11.7 Å². The minimum absolute atomic E-state index is 0.0746.